The van der Waals surface area contributed by atoms with Gasteiger partial charge in [-0.1, -0.05) is 36.4 Å². The molecule has 0 spiro atoms. The van der Waals surface area contributed by atoms with Crippen molar-refractivity contribution in [3.8, 4) is 0 Å². The zero-order chi connectivity index (χ0) is 22.6. The molecule has 0 bridgehead atoms. The third-order valence-corrected chi connectivity index (χ3v) is 6.87. The first kappa shape index (κ1) is 21.6. The summed E-state index contributed by atoms with van der Waals surface area (Å²) in [4.78, 5) is 17.2. The molecule has 4 aromatic rings. The molecule has 33 heavy (non-hydrogen) atoms. The highest BCUT2D eigenvalue weighted by molar-refractivity contribution is 7.13. The van der Waals surface area contributed by atoms with Gasteiger partial charge in [-0.2, -0.15) is 4.37 Å². The van der Waals surface area contributed by atoms with Crippen molar-refractivity contribution in [2.45, 2.75) is 6.42 Å². The van der Waals surface area contributed by atoms with Gasteiger partial charge in [-0.3, -0.25) is 9.69 Å². The molecule has 1 N–H and O–H groups in total. The fourth-order valence-electron chi connectivity index (χ4n) is 4.22. The quantitative estimate of drug-likeness (QED) is 0.437. The standard InChI is InChI=1S/C26H25FN4OS/c27-23-10-3-1-8-21(23)26(32)28-20-7-5-6-19(18-20)12-13-30-14-16-31(17-15-30)25-22-9-2-4-11-24(22)33-29-25/h1-11,18H,12-17H2,(H,28,32). The van der Waals surface area contributed by atoms with E-state index in [1.807, 2.05) is 18.2 Å². The zero-order valence-electron chi connectivity index (χ0n) is 18.2. The van der Waals surface area contributed by atoms with Crippen LogP contribution < -0.4 is 10.2 Å². The predicted molar refractivity (Wildman–Crippen MR) is 133 cm³/mol. The first-order valence-electron chi connectivity index (χ1n) is 11.1. The molecule has 1 fully saturated rings. The molecule has 1 aliphatic rings. The maximum Gasteiger partial charge on any atom is 0.258 e. The van der Waals surface area contributed by atoms with Gasteiger partial charge in [0.1, 0.15) is 11.6 Å². The molecular formula is C26H25FN4OS. The van der Waals surface area contributed by atoms with E-state index in [1.165, 1.54) is 22.2 Å². The van der Waals surface area contributed by atoms with Gasteiger partial charge in [0.05, 0.1) is 10.3 Å². The lowest BCUT2D eigenvalue weighted by Gasteiger charge is -2.35. The number of halogens is 1. The number of anilines is 2. The molecule has 3 aromatic carbocycles. The van der Waals surface area contributed by atoms with Gasteiger partial charge in [-0.15, -0.1) is 0 Å². The summed E-state index contributed by atoms with van der Waals surface area (Å²) >= 11 is 1.56. The molecule has 0 saturated carbocycles. The largest absolute Gasteiger partial charge is 0.353 e. The zero-order valence-corrected chi connectivity index (χ0v) is 19.0. The minimum atomic E-state index is -0.518. The Morgan fingerprint density at radius 1 is 0.970 bits per heavy atom. The molecule has 2 heterocycles. The minimum absolute atomic E-state index is 0.0497. The summed E-state index contributed by atoms with van der Waals surface area (Å²) in [6.45, 7) is 4.88. The van der Waals surface area contributed by atoms with Crippen LogP contribution in [-0.2, 0) is 6.42 Å². The van der Waals surface area contributed by atoms with Gasteiger partial charge in [0.2, 0.25) is 0 Å². The number of fused-ring (bicyclic) bond motifs is 1. The van der Waals surface area contributed by atoms with Gasteiger partial charge in [0, 0.05) is 43.8 Å². The summed E-state index contributed by atoms with van der Waals surface area (Å²) in [5.74, 6) is 0.153. The van der Waals surface area contributed by atoms with Crippen molar-refractivity contribution < 1.29 is 9.18 Å². The molecule has 1 aromatic heterocycles. The van der Waals surface area contributed by atoms with Gasteiger partial charge in [0.25, 0.3) is 5.91 Å². The average molecular weight is 461 g/mol. The third-order valence-electron chi connectivity index (χ3n) is 6.05. The molecule has 0 aliphatic carbocycles. The van der Waals surface area contributed by atoms with Crippen LogP contribution in [0.25, 0.3) is 10.1 Å². The van der Waals surface area contributed by atoms with Crippen molar-refractivity contribution in [2.75, 3.05) is 42.9 Å². The molecule has 168 valence electrons. The Morgan fingerprint density at radius 2 is 1.76 bits per heavy atom. The van der Waals surface area contributed by atoms with E-state index in [0.29, 0.717) is 5.69 Å². The van der Waals surface area contributed by atoms with Crippen LogP contribution in [0.5, 0.6) is 0 Å². The highest BCUT2D eigenvalue weighted by Crippen LogP contribution is 2.29. The number of aromatic nitrogens is 1. The first-order chi connectivity index (χ1) is 16.2. The van der Waals surface area contributed by atoms with Crippen LogP contribution in [0, 0.1) is 5.82 Å². The number of hydrogen-bond acceptors (Lipinski definition) is 5. The average Bonchev–Trinajstić information content (AvgIpc) is 3.28. The minimum Gasteiger partial charge on any atom is -0.353 e. The fourth-order valence-corrected chi connectivity index (χ4v) is 5.02. The summed E-state index contributed by atoms with van der Waals surface area (Å²) < 4.78 is 19.8. The van der Waals surface area contributed by atoms with Crippen LogP contribution in [0.15, 0.2) is 72.8 Å². The fraction of sp³-hybridized carbons (Fsp3) is 0.231. The van der Waals surface area contributed by atoms with Crippen molar-refractivity contribution >= 4 is 39.0 Å². The van der Waals surface area contributed by atoms with E-state index in [0.717, 1.165) is 50.5 Å². The Kier molecular flexibility index (Phi) is 6.32. The Labute approximate surface area is 196 Å². The summed E-state index contributed by atoms with van der Waals surface area (Å²) in [5, 5.41) is 4.05. The second-order valence-electron chi connectivity index (χ2n) is 8.22. The predicted octanol–water partition coefficient (Wildman–Crippen LogP) is 5.05. The lowest BCUT2D eigenvalue weighted by atomic mass is 10.1. The lowest BCUT2D eigenvalue weighted by Crippen LogP contribution is -2.47. The maximum absolute atomic E-state index is 13.9. The van der Waals surface area contributed by atoms with E-state index in [1.54, 1.807) is 23.7 Å². The number of benzene rings is 3. The maximum atomic E-state index is 13.9. The number of nitrogens with one attached hydrogen (secondary N) is 1. The third kappa shape index (κ3) is 4.89. The monoisotopic (exact) mass is 460 g/mol. The van der Waals surface area contributed by atoms with Crippen molar-refractivity contribution in [2.24, 2.45) is 0 Å². The number of nitrogens with zero attached hydrogens (tertiary/aromatic N) is 3. The number of amides is 1. The van der Waals surface area contributed by atoms with Crippen LogP contribution in [0.1, 0.15) is 15.9 Å². The van der Waals surface area contributed by atoms with Gasteiger partial charge >= 0.3 is 0 Å². The normalized spacial score (nSPS) is 14.5. The summed E-state index contributed by atoms with van der Waals surface area (Å²) in [7, 11) is 0. The van der Waals surface area contributed by atoms with E-state index in [4.69, 9.17) is 0 Å². The van der Waals surface area contributed by atoms with Crippen LogP contribution in [0.4, 0.5) is 15.9 Å². The Hall–Kier alpha value is -3.29. The molecular weight excluding hydrogens is 435 g/mol. The Balaban J connectivity index is 1.15. The van der Waals surface area contributed by atoms with Crippen molar-refractivity contribution in [3.05, 3.63) is 89.7 Å². The van der Waals surface area contributed by atoms with Crippen LogP contribution >= 0.6 is 11.5 Å². The molecule has 1 aliphatic heterocycles. The molecule has 1 saturated heterocycles. The molecule has 5 rings (SSSR count). The van der Waals surface area contributed by atoms with E-state index in [-0.39, 0.29) is 5.56 Å². The highest BCUT2D eigenvalue weighted by atomic mass is 32.1. The summed E-state index contributed by atoms with van der Waals surface area (Å²) in [6.07, 6.45) is 0.892. The lowest BCUT2D eigenvalue weighted by molar-refractivity contribution is 0.102. The summed E-state index contributed by atoms with van der Waals surface area (Å²) in [6, 6.07) is 22.2. The topological polar surface area (TPSA) is 48.5 Å². The van der Waals surface area contributed by atoms with Gasteiger partial charge in [0.15, 0.2) is 0 Å². The van der Waals surface area contributed by atoms with Crippen molar-refractivity contribution in [3.63, 3.8) is 0 Å². The number of carbonyl (C=O) groups is 1. The SMILES string of the molecule is O=C(Nc1cccc(CCN2CCN(c3nsc4ccccc34)CC2)c1)c1ccccc1F. The molecule has 7 heteroatoms. The van der Waals surface area contributed by atoms with Gasteiger partial charge < -0.3 is 10.2 Å². The van der Waals surface area contributed by atoms with Crippen LogP contribution in [0.2, 0.25) is 0 Å². The number of carbonyl (C=O) groups excluding carboxylic acids is 1. The Bertz CT molecular complexity index is 1270. The summed E-state index contributed by atoms with van der Waals surface area (Å²) in [5.41, 5.74) is 1.88. The second-order valence-corrected chi connectivity index (χ2v) is 9.02. The number of rotatable bonds is 6. The van der Waals surface area contributed by atoms with Crippen molar-refractivity contribution in [1.29, 1.82) is 0 Å². The number of piperazine rings is 1. The molecule has 1 amide bonds. The first-order valence-corrected chi connectivity index (χ1v) is 11.9. The molecule has 0 atom stereocenters. The van der Waals surface area contributed by atoms with Crippen LogP contribution in [-0.4, -0.2) is 47.9 Å². The van der Waals surface area contributed by atoms with Gasteiger partial charge in [-0.25, -0.2) is 4.39 Å². The second kappa shape index (κ2) is 9.68. The Morgan fingerprint density at radius 3 is 2.61 bits per heavy atom. The van der Waals surface area contributed by atoms with E-state index in [2.05, 4.69) is 49.8 Å². The highest BCUT2D eigenvalue weighted by Gasteiger charge is 2.20. The number of hydrogen-bond donors (Lipinski definition) is 1. The van der Waals surface area contributed by atoms with E-state index < -0.39 is 11.7 Å². The molecule has 0 radical (unpaired) electrons. The van der Waals surface area contributed by atoms with Crippen LogP contribution in [0.3, 0.4) is 0 Å². The smallest absolute Gasteiger partial charge is 0.258 e. The van der Waals surface area contributed by atoms with Crippen molar-refractivity contribution in [1.82, 2.24) is 9.27 Å². The van der Waals surface area contributed by atoms with E-state index >= 15 is 0 Å². The molecule has 0 unspecified atom stereocenters. The molecule has 5 nitrogen and oxygen atoms in total. The van der Waals surface area contributed by atoms with E-state index in [9.17, 15) is 9.18 Å². The van der Waals surface area contributed by atoms with Gasteiger partial charge in [-0.05, 0) is 59.9 Å².